The fourth-order valence-corrected chi connectivity index (χ4v) is 5.15. The number of Topliss-reactive ketones (excluding diaryl/α,β-unsaturated/α-hetero) is 1. The van der Waals surface area contributed by atoms with E-state index in [-0.39, 0.29) is 36.3 Å². The predicted octanol–water partition coefficient (Wildman–Crippen LogP) is 3.61. The number of β-amino-alcohol motifs (C(OH)–C–C–N with tert-alkyl or cyclic N) is 1. The minimum atomic E-state index is -1.39. The molecule has 4 rings (SSSR count). The van der Waals surface area contributed by atoms with Gasteiger partial charge in [0.05, 0.1) is 17.6 Å². The number of ketones is 1. The molecule has 1 aliphatic carbocycles. The number of hydrogen-bond donors (Lipinski definition) is 1. The van der Waals surface area contributed by atoms with Crippen molar-refractivity contribution in [2.45, 2.75) is 51.6 Å². The number of carbonyl (C=O) groups excluding carboxylic acids is 2. The van der Waals surface area contributed by atoms with Crippen molar-refractivity contribution in [1.82, 2.24) is 9.97 Å². The van der Waals surface area contributed by atoms with Crippen molar-refractivity contribution in [1.29, 1.82) is 0 Å². The third-order valence-corrected chi connectivity index (χ3v) is 6.70. The number of rotatable bonds is 4. The third kappa shape index (κ3) is 3.84. The molecule has 0 radical (unpaired) electrons. The van der Waals surface area contributed by atoms with Gasteiger partial charge in [-0.15, -0.1) is 0 Å². The van der Waals surface area contributed by atoms with Crippen LogP contribution in [0.5, 0.6) is 0 Å². The second-order valence-electron chi connectivity index (χ2n) is 8.95. The van der Waals surface area contributed by atoms with Crippen molar-refractivity contribution in [2.24, 2.45) is 11.3 Å². The Bertz CT molecular complexity index is 1020. The van der Waals surface area contributed by atoms with Gasteiger partial charge in [-0.2, -0.15) is 0 Å². The molecule has 1 aliphatic heterocycles. The van der Waals surface area contributed by atoms with Crippen LogP contribution < -0.4 is 4.90 Å². The zero-order chi connectivity index (χ0) is 22.4. The second-order valence-corrected chi connectivity index (χ2v) is 8.95. The van der Waals surface area contributed by atoms with Crippen LogP contribution in [-0.4, -0.2) is 38.9 Å². The maximum atomic E-state index is 13.7. The number of hydrogen-bond acceptors (Lipinski definition) is 5. The van der Waals surface area contributed by atoms with Gasteiger partial charge in [0.15, 0.2) is 5.78 Å². The Hall–Kier alpha value is -2.74. The molecule has 3 atom stereocenters. The smallest absolute Gasteiger partial charge is 0.236 e. The predicted molar refractivity (Wildman–Crippen MR) is 109 cm³/mol. The average Bonchev–Trinajstić information content (AvgIpc) is 2.88. The van der Waals surface area contributed by atoms with E-state index in [1.807, 2.05) is 0 Å². The van der Waals surface area contributed by atoms with Gasteiger partial charge in [-0.3, -0.25) is 9.59 Å². The van der Waals surface area contributed by atoms with E-state index < -0.39 is 22.7 Å². The van der Waals surface area contributed by atoms with Crippen LogP contribution in [-0.2, 0) is 4.79 Å². The zero-order valence-electron chi connectivity index (χ0n) is 17.6. The lowest BCUT2D eigenvalue weighted by Gasteiger charge is -2.43. The molecule has 3 unspecified atom stereocenters. The van der Waals surface area contributed by atoms with Crippen LogP contribution >= 0.6 is 0 Å². The van der Waals surface area contributed by atoms with Crippen LogP contribution in [0.15, 0.2) is 30.5 Å². The molecule has 1 N–H and O–H groups in total. The maximum Gasteiger partial charge on any atom is 0.236 e. The van der Waals surface area contributed by atoms with Crippen LogP contribution in [0.25, 0.3) is 0 Å². The van der Waals surface area contributed by atoms with E-state index in [1.54, 1.807) is 26.1 Å². The molecule has 1 amide bonds. The van der Waals surface area contributed by atoms with E-state index in [4.69, 9.17) is 0 Å². The Kier molecular flexibility index (Phi) is 5.37. The first kappa shape index (κ1) is 21.5. The summed E-state index contributed by atoms with van der Waals surface area (Å²) < 4.78 is 27.5. The molecular weight excluding hydrogens is 404 g/mol. The Labute approximate surface area is 179 Å². The van der Waals surface area contributed by atoms with Gasteiger partial charge >= 0.3 is 0 Å². The number of aliphatic hydroxyl groups is 1. The minimum Gasteiger partial charge on any atom is -0.387 e. The van der Waals surface area contributed by atoms with Gasteiger partial charge in [0, 0.05) is 24.4 Å². The summed E-state index contributed by atoms with van der Waals surface area (Å²) in [6.45, 7) is 3.25. The number of aromatic nitrogens is 2. The van der Waals surface area contributed by atoms with Crippen molar-refractivity contribution in [3.8, 4) is 0 Å². The van der Waals surface area contributed by atoms with E-state index in [2.05, 4.69) is 9.97 Å². The summed E-state index contributed by atoms with van der Waals surface area (Å²) in [5.41, 5.74) is -2.05. The lowest BCUT2D eigenvalue weighted by atomic mass is 9.61. The van der Waals surface area contributed by atoms with Crippen molar-refractivity contribution in [2.75, 3.05) is 11.4 Å². The molecule has 2 aromatic rings. The molecule has 0 bridgehead atoms. The molecule has 1 spiro atoms. The van der Waals surface area contributed by atoms with Crippen LogP contribution in [0.2, 0.25) is 0 Å². The lowest BCUT2D eigenvalue weighted by Crippen LogP contribution is -2.50. The summed E-state index contributed by atoms with van der Waals surface area (Å²) in [5, 5.41) is 11.3. The standard InChI is InChI=1S/C23H25F2N3O3/c1-14-26-7-5-19(27-14)20(29)8-15-4-3-6-23(12-15)21(30)28(13-22(23,2)31)18-10-16(24)9-17(25)11-18/h5,7,9-11,15,31H,3-4,6,8,12-13H2,1-2H3. The summed E-state index contributed by atoms with van der Waals surface area (Å²) in [4.78, 5) is 35.7. The molecule has 8 heteroatoms. The topological polar surface area (TPSA) is 83.4 Å². The first-order valence-electron chi connectivity index (χ1n) is 10.4. The first-order valence-corrected chi connectivity index (χ1v) is 10.4. The van der Waals surface area contributed by atoms with E-state index in [0.717, 1.165) is 24.6 Å². The third-order valence-electron chi connectivity index (χ3n) is 6.70. The Morgan fingerprint density at radius 3 is 2.68 bits per heavy atom. The largest absolute Gasteiger partial charge is 0.387 e. The summed E-state index contributed by atoms with van der Waals surface area (Å²) in [6.07, 6.45) is 3.99. The zero-order valence-corrected chi connectivity index (χ0v) is 17.6. The SMILES string of the molecule is Cc1nccc(C(=O)CC2CCCC3(C2)C(=O)N(c2cc(F)cc(F)c2)CC3(C)O)n1. The molecule has 2 aliphatic rings. The first-order chi connectivity index (χ1) is 14.6. The van der Waals surface area contributed by atoms with Crippen LogP contribution in [0, 0.1) is 29.9 Å². The number of nitrogens with zero attached hydrogens (tertiary/aromatic N) is 3. The molecule has 2 heterocycles. The van der Waals surface area contributed by atoms with Gasteiger partial charge in [0.25, 0.3) is 0 Å². The fraction of sp³-hybridized carbons (Fsp3) is 0.478. The number of carbonyl (C=O) groups is 2. The molecule has 6 nitrogen and oxygen atoms in total. The van der Waals surface area contributed by atoms with Gasteiger partial charge in [-0.25, -0.2) is 18.7 Å². The Morgan fingerprint density at radius 2 is 2.00 bits per heavy atom. The quantitative estimate of drug-likeness (QED) is 0.751. The number of aryl methyl sites for hydroxylation is 1. The normalized spacial score (nSPS) is 28.4. The van der Waals surface area contributed by atoms with Gasteiger partial charge < -0.3 is 10.0 Å². The lowest BCUT2D eigenvalue weighted by molar-refractivity contribution is -0.140. The van der Waals surface area contributed by atoms with Crippen molar-refractivity contribution < 1.29 is 23.5 Å². The summed E-state index contributed by atoms with van der Waals surface area (Å²) in [7, 11) is 0. The van der Waals surface area contributed by atoms with Crippen LogP contribution in [0.1, 0.15) is 55.3 Å². The molecular formula is C23H25F2N3O3. The van der Waals surface area contributed by atoms with Gasteiger partial charge in [-0.05, 0) is 57.2 Å². The van der Waals surface area contributed by atoms with Gasteiger partial charge in [-0.1, -0.05) is 6.42 Å². The highest BCUT2D eigenvalue weighted by molar-refractivity contribution is 6.01. The highest BCUT2D eigenvalue weighted by Gasteiger charge is 2.62. The monoisotopic (exact) mass is 429 g/mol. The fourth-order valence-electron chi connectivity index (χ4n) is 5.15. The number of halogens is 2. The highest BCUT2D eigenvalue weighted by atomic mass is 19.1. The van der Waals surface area contributed by atoms with Gasteiger partial charge in [0.1, 0.15) is 23.2 Å². The summed E-state index contributed by atoms with van der Waals surface area (Å²) in [6, 6.07) is 4.51. The van der Waals surface area contributed by atoms with E-state index in [1.165, 1.54) is 4.90 Å². The number of benzene rings is 1. The van der Waals surface area contributed by atoms with Crippen LogP contribution in [0.3, 0.4) is 0 Å². The molecule has 1 aromatic carbocycles. The summed E-state index contributed by atoms with van der Waals surface area (Å²) in [5.74, 6) is -1.63. The van der Waals surface area contributed by atoms with Crippen molar-refractivity contribution in [3.63, 3.8) is 0 Å². The van der Waals surface area contributed by atoms with E-state index in [9.17, 15) is 23.5 Å². The molecule has 1 saturated carbocycles. The molecule has 31 heavy (non-hydrogen) atoms. The van der Waals surface area contributed by atoms with Gasteiger partial charge in [0.2, 0.25) is 5.91 Å². The minimum absolute atomic E-state index is 0.0551. The van der Waals surface area contributed by atoms with E-state index >= 15 is 0 Å². The van der Waals surface area contributed by atoms with Crippen LogP contribution in [0.4, 0.5) is 14.5 Å². The average molecular weight is 429 g/mol. The molecule has 1 saturated heterocycles. The number of amides is 1. The highest BCUT2D eigenvalue weighted by Crippen LogP contribution is 2.53. The Balaban J connectivity index is 1.58. The van der Waals surface area contributed by atoms with Crippen molar-refractivity contribution in [3.05, 3.63) is 53.6 Å². The summed E-state index contributed by atoms with van der Waals surface area (Å²) >= 11 is 0. The molecule has 1 aromatic heterocycles. The van der Waals surface area contributed by atoms with E-state index in [0.29, 0.717) is 30.8 Å². The van der Waals surface area contributed by atoms with Crippen molar-refractivity contribution >= 4 is 17.4 Å². The number of anilines is 1. The second kappa shape index (κ2) is 7.75. The maximum absolute atomic E-state index is 13.7. The molecule has 2 fully saturated rings. The Morgan fingerprint density at radius 1 is 1.29 bits per heavy atom. The molecule has 164 valence electrons.